The molecule has 1 saturated heterocycles. The quantitative estimate of drug-likeness (QED) is 0.914. The van der Waals surface area contributed by atoms with Gasteiger partial charge in [-0.2, -0.15) is 5.10 Å². The summed E-state index contributed by atoms with van der Waals surface area (Å²) in [5.74, 6) is -0.0621. The normalized spacial score (nSPS) is 18.9. The number of hydrogen-bond acceptors (Lipinski definition) is 3. The van der Waals surface area contributed by atoms with Crippen LogP contribution in [-0.2, 0) is 4.74 Å². The van der Waals surface area contributed by atoms with Gasteiger partial charge in [0.05, 0.1) is 11.6 Å². The van der Waals surface area contributed by atoms with Crippen molar-refractivity contribution in [3.05, 3.63) is 30.0 Å². The van der Waals surface area contributed by atoms with E-state index in [0.717, 1.165) is 30.4 Å². The average molecular weight is 259 g/mol. The monoisotopic (exact) mass is 259 g/mol. The number of para-hydroxylation sites is 1. The third kappa shape index (κ3) is 2.33. The summed E-state index contributed by atoms with van der Waals surface area (Å²) in [6, 6.07) is 7.66. The molecule has 0 bridgehead atoms. The number of aromatic nitrogens is 2. The Bertz CT molecular complexity index is 587. The van der Waals surface area contributed by atoms with Crippen LogP contribution in [0.4, 0.5) is 0 Å². The van der Waals surface area contributed by atoms with Gasteiger partial charge in [0.1, 0.15) is 0 Å². The van der Waals surface area contributed by atoms with Gasteiger partial charge in [-0.1, -0.05) is 18.2 Å². The topological polar surface area (TPSA) is 58.2 Å². The zero-order valence-electron chi connectivity index (χ0n) is 10.9. The second-order valence-electron chi connectivity index (χ2n) is 4.94. The van der Waals surface area contributed by atoms with Crippen molar-refractivity contribution in [2.45, 2.75) is 18.9 Å². The van der Waals surface area contributed by atoms with Crippen molar-refractivity contribution >= 4 is 16.8 Å². The molecule has 1 aliphatic rings. The molecule has 2 aromatic rings. The molecule has 0 saturated carbocycles. The van der Waals surface area contributed by atoms with Gasteiger partial charge < -0.3 is 9.64 Å². The molecule has 1 N–H and O–H groups in total. The van der Waals surface area contributed by atoms with Crippen molar-refractivity contribution in [2.75, 3.05) is 20.2 Å². The number of likely N-dealkylation sites (N-methyl/N-ethyl adjacent to an activating group) is 1. The van der Waals surface area contributed by atoms with Gasteiger partial charge >= 0.3 is 0 Å². The largest absolute Gasteiger partial charge is 0.376 e. The summed E-state index contributed by atoms with van der Waals surface area (Å²) in [7, 11) is 1.80. The van der Waals surface area contributed by atoms with Crippen molar-refractivity contribution < 1.29 is 9.53 Å². The van der Waals surface area contributed by atoms with Crippen LogP contribution in [0.3, 0.4) is 0 Å². The molecule has 0 spiro atoms. The number of aromatic amines is 1. The molecule has 3 rings (SSSR count). The Morgan fingerprint density at radius 1 is 1.53 bits per heavy atom. The lowest BCUT2D eigenvalue weighted by Crippen LogP contribution is -2.34. The number of nitrogens with zero attached hydrogens (tertiary/aromatic N) is 2. The lowest BCUT2D eigenvalue weighted by molar-refractivity contribution is 0.0584. The summed E-state index contributed by atoms with van der Waals surface area (Å²) >= 11 is 0. The summed E-state index contributed by atoms with van der Waals surface area (Å²) in [4.78, 5) is 14.1. The number of rotatable bonds is 3. The lowest BCUT2D eigenvalue weighted by atomic mass is 10.2. The maximum atomic E-state index is 12.4. The maximum Gasteiger partial charge on any atom is 0.274 e. The van der Waals surface area contributed by atoms with Gasteiger partial charge in [-0.25, -0.2) is 0 Å². The van der Waals surface area contributed by atoms with E-state index in [1.54, 1.807) is 11.9 Å². The van der Waals surface area contributed by atoms with Crippen LogP contribution < -0.4 is 0 Å². The van der Waals surface area contributed by atoms with Crippen molar-refractivity contribution in [1.82, 2.24) is 15.1 Å². The predicted molar refractivity (Wildman–Crippen MR) is 72.0 cm³/mol. The maximum absolute atomic E-state index is 12.4. The Hall–Kier alpha value is -1.88. The van der Waals surface area contributed by atoms with Crippen molar-refractivity contribution in [3.8, 4) is 0 Å². The fourth-order valence-electron chi connectivity index (χ4n) is 2.48. The average Bonchev–Trinajstić information content (AvgIpc) is 3.06. The third-order valence-electron chi connectivity index (χ3n) is 3.52. The molecular weight excluding hydrogens is 242 g/mol. The van der Waals surface area contributed by atoms with Gasteiger partial charge in [-0.05, 0) is 18.9 Å². The molecule has 1 amide bonds. The van der Waals surface area contributed by atoms with Gasteiger partial charge in [-0.15, -0.1) is 0 Å². The van der Waals surface area contributed by atoms with E-state index in [1.807, 2.05) is 24.3 Å². The molecule has 1 aromatic heterocycles. The summed E-state index contributed by atoms with van der Waals surface area (Å²) in [6.07, 6.45) is 2.27. The van der Waals surface area contributed by atoms with Crippen LogP contribution in [0.25, 0.3) is 10.9 Å². The minimum absolute atomic E-state index is 0.0621. The smallest absolute Gasteiger partial charge is 0.274 e. The van der Waals surface area contributed by atoms with Gasteiger partial charge in [0.25, 0.3) is 5.91 Å². The summed E-state index contributed by atoms with van der Waals surface area (Å²) < 4.78 is 5.56. The van der Waals surface area contributed by atoms with Crippen LogP contribution in [0.5, 0.6) is 0 Å². The van der Waals surface area contributed by atoms with Crippen molar-refractivity contribution in [2.24, 2.45) is 0 Å². The Morgan fingerprint density at radius 2 is 2.37 bits per heavy atom. The molecule has 19 heavy (non-hydrogen) atoms. The van der Waals surface area contributed by atoms with Crippen LogP contribution in [-0.4, -0.2) is 47.3 Å². The molecule has 0 radical (unpaired) electrons. The van der Waals surface area contributed by atoms with Gasteiger partial charge in [0, 0.05) is 25.6 Å². The number of carbonyl (C=O) groups is 1. The Morgan fingerprint density at radius 3 is 3.16 bits per heavy atom. The second kappa shape index (κ2) is 5.01. The summed E-state index contributed by atoms with van der Waals surface area (Å²) in [5, 5.41) is 7.89. The minimum atomic E-state index is -0.0621. The van der Waals surface area contributed by atoms with E-state index in [9.17, 15) is 4.79 Å². The highest BCUT2D eigenvalue weighted by Crippen LogP contribution is 2.18. The Balaban J connectivity index is 1.78. The van der Waals surface area contributed by atoms with Crippen LogP contribution in [0.15, 0.2) is 24.3 Å². The van der Waals surface area contributed by atoms with E-state index in [0.29, 0.717) is 12.2 Å². The molecule has 1 fully saturated rings. The molecule has 1 unspecified atom stereocenters. The number of H-pyrrole nitrogens is 1. The van der Waals surface area contributed by atoms with Gasteiger partial charge in [0.2, 0.25) is 0 Å². The number of hydrogen-bond donors (Lipinski definition) is 1. The molecule has 0 aliphatic carbocycles. The number of nitrogens with one attached hydrogen (secondary N) is 1. The van der Waals surface area contributed by atoms with E-state index < -0.39 is 0 Å². The highest BCUT2D eigenvalue weighted by Gasteiger charge is 2.23. The van der Waals surface area contributed by atoms with E-state index in [2.05, 4.69) is 10.2 Å². The van der Waals surface area contributed by atoms with Crippen LogP contribution in [0, 0.1) is 0 Å². The van der Waals surface area contributed by atoms with Crippen LogP contribution in [0.1, 0.15) is 23.3 Å². The molecular formula is C14H17N3O2. The molecule has 1 aromatic carbocycles. The zero-order chi connectivity index (χ0) is 13.2. The molecule has 1 atom stereocenters. The summed E-state index contributed by atoms with van der Waals surface area (Å²) in [6.45, 7) is 1.43. The minimum Gasteiger partial charge on any atom is -0.376 e. The Kier molecular flexibility index (Phi) is 3.21. The molecule has 5 heteroatoms. The number of carbonyl (C=O) groups excluding carboxylic acids is 1. The fraction of sp³-hybridized carbons (Fsp3) is 0.429. The van der Waals surface area contributed by atoms with E-state index in [-0.39, 0.29) is 12.0 Å². The van der Waals surface area contributed by atoms with E-state index >= 15 is 0 Å². The first-order valence-corrected chi connectivity index (χ1v) is 6.56. The first-order valence-electron chi connectivity index (χ1n) is 6.56. The third-order valence-corrected chi connectivity index (χ3v) is 3.52. The number of ether oxygens (including phenoxy) is 1. The van der Waals surface area contributed by atoms with Crippen LogP contribution >= 0.6 is 0 Å². The van der Waals surface area contributed by atoms with Crippen LogP contribution in [0.2, 0.25) is 0 Å². The highest BCUT2D eigenvalue weighted by atomic mass is 16.5. The highest BCUT2D eigenvalue weighted by molar-refractivity contribution is 6.04. The van der Waals surface area contributed by atoms with Crippen molar-refractivity contribution in [3.63, 3.8) is 0 Å². The number of benzene rings is 1. The number of amides is 1. The SMILES string of the molecule is CN(CC1CCCO1)C(=O)c1n[nH]c2ccccc12. The molecule has 1 aliphatic heterocycles. The Labute approximate surface area is 111 Å². The molecule has 2 heterocycles. The molecule has 100 valence electrons. The predicted octanol–water partition coefficient (Wildman–Crippen LogP) is 1.81. The fourth-order valence-corrected chi connectivity index (χ4v) is 2.48. The first-order chi connectivity index (χ1) is 9.25. The van der Waals surface area contributed by atoms with E-state index in [1.165, 1.54) is 0 Å². The van der Waals surface area contributed by atoms with Gasteiger partial charge in [-0.3, -0.25) is 9.89 Å². The van der Waals surface area contributed by atoms with E-state index in [4.69, 9.17) is 4.74 Å². The number of fused-ring (bicyclic) bond motifs is 1. The summed E-state index contributed by atoms with van der Waals surface area (Å²) in [5.41, 5.74) is 1.37. The standard InChI is InChI=1S/C14H17N3O2/c1-17(9-10-5-4-8-19-10)14(18)13-11-6-2-3-7-12(11)15-16-13/h2-3,6-7,10H,4-5,8-9H2,1H3,(H,15,16). The lowest BCUT2D eigenvalue weighted by Gasteiger charge is -2.19. The van der Waals surface area contributed by atoms with Gasteiger partial charge in [0.15, 0.2) is 5.69 Å². The second-order valence-corrected chi connectivity index (χ2v) is 4.94. The zero-order valence-corrected chi connectivity index (χ0v) is 10.9. The first kappa shape index (κ1) is 12.2. The van der Waals surface area contributed by atoms with Crippen molar-refractivity contribution in [1.29, 1.82) is 0 Å². The molecule has 5 nitrogen and oxygen atoms in total.